The summed E-state index contributed by atoms with van der Waals surface area (Å²) >= 11 is 2.30. The molecule has 0 rings (SSSR count). The van der Waals surface area contributed by atoms with E-state index in [1.165, 1.54) is 0 Å². The molecule has 0 heterocycles. The van der Waals surface area contributed by atoms with Gasteiger partial charge in [-0.05, 0) is 15.9 Å². The zero-order chi connectivity index (χ0) is 8.31. The number of carbonyl (C=O) groups excluding carboxylic acids is 1. The van der Waals surface area contributed by atoms with E-state index in [4.69, 9.17) is 15.3 Å². The third-order valence-electron chi connectivity index (χ3n) is 0.785. The molecule has 0 aromatic carbocycles. The minimum absolute atomic E-state index is 0.956. The van der Waals surface area contributed by atoms with E-state index < -0.39 is 22.9 Å². The maximum absolute atomic E-state index is 10.1. The molecule has 0 spiro atoms. The summed E-state index contributed by atoms with van der Waals surface area (Å²) in [5, 5.41) is 25.0. The van der Waals surface area contributed by atoms with Crippen molar-refractivity contribution in [2.24, 2.45) is 0 Å². The number of carbonyl (C=O) groups is 2. The first-order valence-corrected chi connectivity index (χ1v) is 3.04. The van der Waals surface area contributed by atoms with E-state index >= 15 is 0 Å². The fraction of sp³-hybridized carbons (Fsp3) is 0.500. The van der Waals surface area contributed by atoms with Crippen molar-refractivity contribution in [2.75, 3.05) is 0 Å². The quantitative estimate of drug-likeness (QED) is 0.507. The largest absolute Gasteiger partial charge is 0.479 e. The fourth-order valence-electron chi connectivity index (χ4n) is 0.259. The van der Waals surface area contributed by atoms with Crippen LogP contribution in [0.1, 0.15) is 0 Å². The smallest absolute Gasteiger partial charge is 0.335 e. The second-order valence-corrected chi connectivity index (χ2v) is 2.31. The van der Waals surface area contributed by atoms with E-state index in [-0.39, 0.29) is 0 Å². The molecule has 0 aliphatic heterocycles. The van der Waals surface area contributed by atoms with Gasteiger partial charge in [0.1, 0.15) is 0 Å². The number of rotatable bonds is 3. The normalized spacial score (nSPS) is 15.9. The molecular weight excluding hydrogens is 208 g/mol. The zero-order valence-electron chi connectivity index (χ0n) is 4.69. The standard InChI is InChI=1S/C4H5BrO5/c5-3(8)1(6)2(7)4(9)10/h1-2,6-7H,(H,9,10). The number of halogens is 1. The molecule has 0 aromatic heterocycles. The molecule has 10 heavy (non-hydrogen) atoms. The van der Waals surface area contributed by atoms with Gasteiger partial charge < -0.3 is 15.3 Å². The molecule has 0 aromatic rings. The van der Waals surface area contributed by atoms with Gasteiger partial charge in [-0.15, -0.1) is 0 Å². The maximum Gasteiger partial charge on any atom is 0.335 e. The monoisotopic (exact) mass is 212 g/mol. The first kappa shape index (κ1) is 9.54. The van der Waals surface area contributed by atoms with Gasteiger partial charge in [-0.2, -0.15) is 0 Å². The third kappa shape index (κ3) is 2.42. The second kappa shape index (κ2) is 3.65. The average molecular weight is 213 g/mol. The van der Waals surface area contributed by atoms with E-state index in [0.717, 1.165) is 0 Å². The summed E-state index contributed by atoms with van der Waals surface area (Å²) < 4.78 is -0.956. The molecule has 0 saturated carbocycles. The van der Waals surface area contributed by atoms with Crippen LogP contribution < -0.4 is 0 Å². The van der Waals surface area contributed by atoms with Crippen molar-refractivity contribution in [2.45, 2.75) is 12.2 Å². The Labute approximate surface area is 64.4 Å². The number of hydrogen-bond acceptors (Lipinski definition) is 4. The van der Waals surface area contributed by atoms with E-state index in [0.29, 0.717) is 0 Å². The molecule has 58 valence electrons. The van der Waals surface area contributed by atoms with Crippen molar-refractivity contribution < 1.29 is 24.9 Å². The molecule has 2 atom stereocenters. The van der Waals surface area contributed by atoms with E-state index in [1.54, 1.807) is 0 Å². The summed E-state index contributed by atoms with van der Waals surface area (Å²) in [7, 11) is 0. The summed E-state index contributed by atoms with van der Waals surface area (Å²) in [6.45, 7) is 0. The lowest BCUT2D eigenvalue weighted by Gasteiger charge is -2.07. The van der Waals surface area contributed by atoms with Gasteiger partial charge >= 0.3 is 5.97 Å². The Morgan fingerprint density at radius 1 is 1.20 bits per heavy atom. The summed E-state index contributed by atoms with van der Waals surface area (Å²) in [6, 6.07) is 0. The predicted molar refractivity (Wildman–Crippen MR) is 33.6 cm³/mol. The summed E-state index contributed by atoms with van der Waals surface area (Å²) in [4.78, 5) is 20.0. The van der Waals surface area contributed by atoms with E-state index in [2.05, 4.69) is 15.9 Å². The Bertz CT molecular complexity index is 138. The minimum atomic E-state index is -2.06. The van der Waals surface area contributed by atoms with Crippen LogP contribution >= 0.6 is 15.9 Å². The highest BCUT2D eigenvalue weighted by Crippen LogP contribution is 1.99. The van der Waals surface area contributed by atoms with E-state index in [9.17, 15) is 9.59 Å². The maximum atomic E-state index is 10.1. The lowest BCUT2D eigenvalue weighted by atomic mass is 10.2. The van der Waals surface area contributed by atoms with E-state index in [1.807, 2.05) is 0 Å². The third-order valence-corrected chi connectivity index (χ3v) is 1.25. The fourth-order valence-corrected chi connectivity index (χ4v) is 0.510. The Morgan fingerprint density at radius 3 is 1.70 bits per heavy atom. The number of aliphatic carboxylic acids is 1. The summed E-state index contributed by atoms with van der Waals surface area (Å²) in [6.07, 6.45) is -3.97. The van der Waals surface area contributed by atoms with Crippen LogP contribution in [0, 0.1) is 0 Å². The van der Waals surface area contributed by atoms with Gasteiger partial charge in [0, 0.05) is 0 Å². The molecule has 0 radical (unpaired) electrons. The molecule has 3 N–H and O–H groups in total. The molecule has 0 aliphatic carbocycles. The predicted octanol–water partition coefficient (Wildman–Crippen LogP) is -1.29. The van der Waals surface area contributed by atoms with Crippen molar-refractivity contribution >= 4 is 26.6 Å². The summed E-state index contributed by atoms with van der Waals surface area (Å²) in [5.41, 5.74) is 0. The highest BCUT2D eigenvalue weighted by atomic mass is 79.9. The Hall–Kier alpha value is -0.460. The number of aliphatic hydroxyl groups is 2. The Morgan fingerprint density at radius 2 is 1.60 bits per heavy atom. The van der Waals surface area contributed by atoms with Crippen LogP contribution in [-0.4, -0.2) is 38.2 Å². The van der Waals surface area contributed by atoms with Crippen LogP contribution in [0.3, 0.4) is 0 Å². The summed E-state index contributed by atoms with van der Waals surface area (Å²) in [5.74, 6) is -1.64. The lowest BCUT2D eigenvalue weighted by molar-refractivity contribution is -0.155. The van der Waals surface area contributed by atoms with Crippen LogP contribution in [0.4, 0.5) is 0 Å². The lowest BCUT2D eigenvalue weighted by Crippen LogP contribution is -2.37. The van der Waals surface area contributed by atoms with Crippen LogP contribution in [0.2, 0.25) is 0 Å². The van der Waals surface area contributed by atoms with Crippen LogP contribution in [0.5, 0.6) is 0 Å². The van der Waals surface area contributed by atoms with Crippen molar-refractivity contribution in [3.8, 4) is 0 Å². The van der Waals surface area contributed by atoms with Crippen LogP contribution in [-0.2, 0) is 9.59 Å². The average Bonchev–Trinajstić information content (AvgIpc) is 1.84. The number of aliphatic hydroxyl groups excluding tert-OH is 2. The van der Waals surface area contributed by atoms with Crippen molar-refractivity contribution in [1.29, 1.82) is 0 Å². The van der Waals surface area contributed by atoms with Crippen molar-refractivity contribution in [1.82, 2.24) is 0 Å². The van der Waals surface area contributed by atoms with Crippen LogP contribution in [0.25, 0.3) is 0 Å². The molecule has 0 aliphatic rings. The first-order valence-electron chi connectivity index (χ1n) is 2.25. The molecule has 0 saturated heterocycles. The van der Waals surface area contributed by atoms with Crippen molar-refractivity contribution in [3.63, 3.8) is 0 Å². The second-order valence-electron chi connectivity index (χ2n) is 1.53. The first-order chi connectivity index (χ1) is 4.46. The number of carboxylic acid groups (broad SMARTS) is 1. The van der Waals surface area contributed by atoms with Gasteiger partial charge in [-0.1, -0.05) is 0 Å². The van der Waals surface area contributed by atoms with Gasteiger partial charge in [0.25, 0.3) is 0 Å². The molecule has 2 unspecified atom stereocenters. The van der Waals surface area contributed by atoms with Gasteiger partial charge in [0.15, 0.2) is 12.2 Å². The van der Waals surface area contributed by atoms with Gasteiger partial charge in [-0.25, -0.2) is 4.79 Å². The number of carboxylic acids is 1. The van der Waals surface area contributed by atoms with Gasteiger partial charge in [-0.3, -0.25) is 4.79 Å². The van der Waals surface area contributed by atoms with Gasteiger partial charge in [0.2, 0.25) is 4.69 Å². The van der Waals surface area contributed by atoms with Crippen molar-refractivity contribution in [3.05, 3.63) is 0 Å². The Kier molecular flexibility index (Phi) is 3.48. The highest BCUT2D eigenvalue weighted by Gasteiger charge is 2.27. The van der Waals surface area contributed by atoms with Crippen LogP contribution in [0.15, 0.2) is 0 Å². The molecular formula is C4H5BrO5. The van der Waals surface area contributed by atoms with Gasteiger partial charge in [0.05, 0.1) is 0 Å². The topological polar surface area (TPSA) is 94.8 Å². The highest BCUT2D eigenvalue weighted by molar-refractivity contribution is 9.18. The molecule has 0 fully saturated rings. The Balaban J connectivity index is 4.07. The minimum Gasteiger partial charge on any atom is -0.479 e. The number of hydrogen-bond donors (Lipinski definition) is 3. The molecule has 5 nitrogen and oxygen atoms in total. The molecule has 0 bridgehead atoms. The molecule has 6 heteroatoms. The SMILES string of the molecule is O=C(O)C(O)C(O)C(=O)Br. The molecule has 0 amide bonds. The zero-order valence-corrected chi connectivity index (χ0v) is 6.28.